The van der Waals surface area contributed by atoms with Crippen molar-refractivity contribution in [2.24, 2.45) is 0 Å². The van der Waals surface area contributed by atoms with E-state index in [1.165, 1.54) is 149 Å². The van der Waals surface area contributed by atoms with Gasteiger partial charge in [0.05, 0.1) is 44.1 Å². The molecule has 0 radical (unpaired) electrons. The summed E-state index contributed by atoms with van der Waals surface area (Å²) < 4.78 is 11.6. The van der Waals surface area contributed by atoms with Gasteiger partial charge in [-0.1, -0.05) is 334 Å². The molecule has 0 aliphatic rings. The predicted molar refractivity (Wildman–Crippen MR) is 523 cm³/mol. The summed E-state index contributed by atoms with van der Waals surface area (Å²) in [4.78, 5) is 0. The van der Waals surface area contributed by atoms with Gasteiger partial charge in [-0.25, -0.2) is 0 Å². The van der Waals surface area contributed by atoms with E-state index in [2.05, 4.69) is 426 Å². The molecule has 0 amide bonds. The molecular weight excluding hydrogens is 1670 g/mol. The van der Waals surface area contributed by atoms with E-state index in [9.17, 15) is 0 Å². The Morgan fingerprint density at radius 3 is 0.680 bits per heavy atom. The molecule has 22 rings (SSSR count). The average Bonchev–Trinajstić information content (AvgIpc) is 1.60. The lowest BCUT2D eigenvalue weighted by molar-refractivity contribution is 0.424. The van der Waals surface area contributed by atoms with Crippen LogP contribution in [-0.2, 0) is 0 Å². The highest BCUT2D eigenvalue weighted by molar-refractivity contribution is 9.10. The Morgan fingerprint density at radius 2 is 0.385 bits per heavy atom. The number of fused-ring (bicyclic) bond motifs is 12. The number of hydrogen-bond acceptors (Lipinski definition) is 4. The van der Waals surface area contributed by atoms with Gasteiger partial charge in [-0.2, -0.15) is 0 Å². The zero-order valence-electron chi connectivity index (χ0n) is 66.0. The number of benzene rings is 18. The number of halogens is 4. The summed E-state index contributed by atoms with van der Waals surface area (Å²) in [7, 11) is -2.75. The van der Waals surface area contributed by atoms with Crippen LogP contribution in [0.1, 0.15) is 0 Å². The Balaban J connectivity index is 0.000000109. The van der Waals surface area contributed by atoms with E-state index in [4.69, 9.17) is 43.3 Å². The molecule has 4 aromatic heterocycles. The Bertz CT molecular complexity index is 7340. The fourth-order valence-electron chi connectivity index (χ4n) is 15.9. The first-order chi connectivity index (χ1) is 59.8. The van der Waals surface area contributed by atoms with E-state index < -0.39 is 14.2 Å². The maximum atomic E-state index is 8.63. The van der Waals surface area contributed by atoms with Crippen molar-refractivity contribution < 1.29 is 20.1 Å². The van der Waals surface area contributed by atoms with Crippen molar-refractivity contribution in [3.05, 3.63) is 468 Å². The molecule has 0 aliphatic heterocycles. The molecule has 0 fully saturated rings. The van der Waals surface area contributed by atoms with Crippen molar-refractivity contribution in [2.75, 3.05) is 0 Å². The van der Waals surface area contributed by atoms with E-state index in [-0.39, 0.29) is 0 Å². The molecule has 122 heavy (non-hydrogen) atoms. The normalized spacial score (nSPS) is 11.0. The average molecular weight is 1750 g/mol. The minimum atomic E-state index is -1.41. The third-order valence-electron chi connectivity index (χ3n) is 21.6. The SMILES string of the molecule is Brc1ccc2c(c1)c1cc(-c3ccccc3)ccc1n2-c1ccccc1.Brc1ccc2c(c1)c1ccccc1n2-c1ccccc1.Clc1ccc(-c2ccc3c(c2)c2cc(-c4ccccc4)ccc2n3-c2ccccc2)cc1.OB(O)c1ccc(Cl)cc1.OB(O)c1ccccc1.c1ccc(-c2ccc3c(c2)c2ccccc2n3-c2ccccc2)cc1. The highest BCUT2D eigenvalue weighted by Crippen LogP contribution is 2.41. The van der Waals surface area contributed by atoms with Crippen LogP contribution in [0.2, 0.25) is 10.0 Å². The Hall–Kier alpha value is -13.3. The molecule has 4 N–H and O–H groups in total. The highest BCUT2D eigenvalue weighted by atomic mass is 79.9. The van der Waals surface area contributed by atoms with E-state index in [1.807, 2.05) is 24.3 Å². The van der Waals surface area contributed by atoms with Gasteiger partial charge in [0.15, 0.2) is 0 Å². The molecule has 0 saturated carbocycles. The topological polar surface area (TPSA) is 101 Å². The summed E-state index contributed by atoms with van der Waals surface area (Å²) in [6.07, 6.45) is 0. The molecule has 0 unspecified atom stereocenters. The van der Waals surface area contributed by atoms with Crippen LogP contribution in [0.15, 0.2) is 458 Å². The molecule has 22 aromatic rings. The fourth-order valence-corrected chi connectivity index (χ4v) is 16.8. The van der Waals surface area contributed by atoms with Gasteiger partial charge in [-0.15, -0.1) is 0 Å². The van der Waals surface area contributed by atoms with Crippen molar-refractivity contribution in [3.8, 4) is 67.3 Å². The minimum Gasteiger partial charge on any atom is -0.423 e. The maximum Gasteiger partial charge on any atom is 0.488 e. The lowest BCUT2D eigenvalue weighted by Gasteiger charge is -2.08. The van der Waals surface area contributed by atoms with Crippen LogP contribution in [0, 0.1) is 0 Å². The van der Waals surface area contributed by atoms with Crippen LogP contribution in [0.4, 0.5) is 0 Å². The summed E-state index contributed by atoms with van der Waals surface area (Å²) >= 11 is 18.9. The molecule has 0 saturated heterocycles. The minimum absolute atomic E-state index is 0.449. The smallest absolute Gasteiger partial charge is 0.423 e. The van der Waals surface area contributed by atoms with E-state index in [0.29, 0.717) is 15.9 Å². The molecule has 8 nitrogen and oxygen atoms in total. The third kappa shape index (κ3) is 17.8. The summed E-state index contributed by atoms with van der Waals surface area (Å²) in [6, 6.07) is 154. The molecule has 18 aromatic carbocycles. The molecule has 14 heteroatoms. The van der Waals surface area contributed by atoms with Gasteiger partial charge in [0.1, 0.15) is 0 Å². The Kier molecular flexibility index (Phi) is 24.9. The molecule has 0 spiro atoms. The highest BCUT2D eigenvalue weighted by Gasteiger charge is 2.20. The van der Waals surface area contributed by atoms with E-state index in [0.717, 1.165) is 19.5 Å². The van der Waals surface area contributed by atoms with Crippen molar-refractivity contribution in [2.45, 2.75) is 0 Å². The number of aromatic nitrogens is 4. The zero-order valence-corrected chi connectivity index (χ0v) is 70.7. The first-order valence-electron chi connectivity index (χ1n) is 40.1. The zero-order chi connectivity index (χ0) is 83.4. The van der Waals surface area contributed by atoms with Gasteiger partial charge in [0, 0.05) is 84.8 Å². The van der Waals surface area contributed by atoms with Crippen LogP contribution in [0.25, 0.3) is 154 Å². The van der Waals surface area contributed by atoms with Gasteiger partial charge in [-0.3, -0.25) is 0 Å². The monoisotopic (exact) mass is 1740 g/mol. The Labute approximate surface area is 735 Å². The second kappa shape index (κ2) is 37.5. The summed E-state index contributed by atoms with van der Waals surface area (Å²) in [5, 5.41) is 45.9. The standard InChI is InChI=1S/C30H20ClN.C24H16BrN.C24H17N.C18H12BrN.C6H6BClO2.C6H7BO2/c31-25-15-11-22(12-16-25)24-14-18-30-28(20-24)27-19-23(21-7-3-1-4-8-21)13-17-29(27)32(30)26-9-5-2-6-10-26;25-19-12-14-24-22(16-19)21-15-18(17-7-3-1-4-8-17)11-13-23(21)26(24)20-9-5-2-6-10-20;1-3-9-18(10-4-1)19-15-16-24-22(17-19)21-13-7-8-14-23(21)25(24)20-11-5-2-6-12-20;19-13-10-11-18-16(12-13)15-8-4-5-9-17(15)20(18)14-6-2-1-3-7-14;8-6-3-1-5(2-4-6)7(9)10;8-7(9)6-4-2-1-3-5-6/h1-20H;1-16H;1-17H;1-12H;1-4,9-10H;1-5,8-9H. The lowest BCUT2D eigenvalue weighted by atomic mass is 9.81. The predicted octanol–water partition coefficient (Wildman–Crippen LogP) is 27.4. The van der Waals surface area contributed by atoms with Crippen LogP contribution < -0.4 is 10.9 Å². The third-order valence-corrected chi connectivity index (χ3v) is 23.1. The van der Waals surface area contributed by atoms with Crippen molar-refractivity contribution >= 4 is 167 Å². The van der Waals surface area contributed by atoms with Crippen molar-refractivity contribution in [1.82, 2.24) is 18.3 Å². The lowest BCUT2D eigenvalue weighted by Crippen LogP contribution is -2.29. The molecule has 0 aliphatic carbocycles. The maximum absolute atomic E-state index is 8.63. The largest absolute Gasteiger partial charge is 0.488 e. The van der Waals surface area contributed by atoms with Gasteiger partial charge in [0.25, 0.3) is 0 Å². The van der Waals surface area contributed by atoms with Crippen LogP contribution in [0.3, 0.4) is 0 Å². The van der Waals surface area contributed by atoms with Gasteiger partial charge < -0.3 is 38.4 Å². The summed E-state index contributed by atoms with van der Waals surface area (Å²) in [5.74, 6) is 0. The van der Waals surface area contributed by atoms with Crippen LogP contribution in [0.5, 0.6) is 0 Å². The van der Waals surface area contributed by atoms with Gasteiger partial charge >= 0.3 is 14.2 Å². The molecule has 588 valence electrons. The number of para-hydroxylation sites is 6. The first-order valence-corrected chi connectivity index (χ1v) is 42.4. The Morgan fingerprint density at radius 1 is 0.180 bits per heavy atom. The fraction of sp³-hybridized carbons (Fsp3) is 0. The van der Waals surface area contributed by atoms with Crippen molar-refractivity contribution in [3.63, 3.8) is 0 Å². The number of nitrogens with zero attached hydrogens (tertiary/aromatic N) is 4. The summed E-state index contributed by atoms with van der Waals surface area (Å²) in [6.45, 7) is 0. The van der Waals surface area contributed by atoms with Crippen LogP contribution in [-0.4, -0.2) is 52.6 Å². The van der Waals surface area contributed by atoms with Gasteiger partial charge in [0.2, 0.25) is 0 Å². The van der Waals surface area contributed by atoms with Crippen molar-refractivity contribution in [1.29, 1.82) is 0 Å². The van der Waals surface area contributed by atoms with E-state index >= 15 is 0 Å². The summed E-state index contributed by atoms with van der Waals surface area (Å²) in [5.41, 5.74) is 25.3. The molecule has 4 heterocycles. The van der Waals surface area contributed by atoms with E-state index in [1.54, 1.807) is 48.5 Å². The second-order valence-electron chi connectivity index (χ2n) is 29.3. The number of rotatable bonds is 10. The molecular formula is C108H78B2Br2Cl2N4O4. The molecule has 0 atom stereocenters. The first kappa shape index (κ1) is 81.1. The van der Waals surface area contributed by atoms with Crippen LogP contribution >= 0.6 is 55.1 Å². The van der Waals surface area contributed by atoms with Gasteiger partial charge in [-0.05, 0) is 225 Å². The second-order valence-corrected chi connectivity index (χ2v) is 32.0. The quantitative estimate of drug-likeness (QED) is 0.103. The number of hydrogen-bond donors (Lipinski definition) is 4. The molecule has 0 bridgehead atoms.